The predicted octanol–water partition coefficient (Wildman–Crippen LogP) is 3.50. The van der Waals surface area contributed by atoms with Crippen molar-refractivity contribution in [3.8, 4) is 11.6 Å². The molecule has 1 amide bonds. The summed E-state index contributed by atoms with van der Waals surface area (Å²) >= 11 is 0. The highest BCUT2D eigenvalue weighted by Crippen LogP contribution is 2.24. The van der Waals surface area contributed by atoms with Crippen LogP contribution in [-0.4, -0.2) is 22.0 Å². The molecule has 0 atom stereocenters. The molecule has 0 aliphatic heterocycles. The van der Waals surface area contributed by atoms with Gasteiger partial charge < -0.3 is 15.2 Å². The van der Waals surface area contributed by atoms with Gasteiger partial charge >= 0.3 is 5.97 Å². The molecule has 0 saturated carbocycles. The number of ether oxygens (including phenoxy) is 1. The fourth-order valence-electron chi connectivity index (χ4n) is 2.32. The summed E-state index contributed by atoms with van der Waals surface area (Å²) in [4.78, 5) is 27.6. The number of benzene rings is 2. The lowest BCUT2D eigenvalue weighted by molar-refractivity contribution is 0.0696. The van der Waals surface area contributed by atoms with Gasteiger partial charge in [-0.05, 0) is 35.9 Å². The van der Waals surface area contributed by atoms with Gasteiger partial charge in [-0.15, -0.1) is 0 Å². The lowest BCUT2D eigenvalue weighted by Gasteiger charge is -2.11. The molecule has 0 spiro atoms. The van der Waals surface area contributed by atoms with E-state index in [0.29, 0.717) is 12.3 Å². The lowest BCUT2D eigenvalue weighted by Crippen LogP contribution is -2.23. The molecule has 3 aromatic rings. The number of amides is 1. The second-order valence-corrected chi connectivity index (χ2v) is 5.46. The van der Waals surface area contributed by atoms with E-state index in [1.807, 2.05) is 30.3 Å². The van der Waals surface area contributed by atoms with Crippen molar-refractivity contribution in [2.75, 3.05) is 0 Å². The van der Waals surface area contributed by atoms with Crippen LogP contribution in [0.5, 0.6) is 11.6 Å². The number of nitrogens with one attached hydrogen (secondary N) is 1. The number of hydrogen-bond donors (Lipinski definition) is 2. The summed E-state index contributed by atoms with van der Waals surface area (Å²) in [5.74, 6) is -0.982. The molecule has 3 rings (SSSR count). The molecule has 0 bridgehead atoms. The Labute approximate surface area is 150 Å². The van der Waals surface area contributed by atoms with E-state index in [-0.39, 0.29) is 22.9 Å². The molecule has 0 fully saturated rings. The standard InChI is InChI=1S/C20H16N2O4/c23-18(22-13-14-6-2-1-3-7-14)17-10-5-11-21-19(17)26-16-9-4-8-15(12-16)20(24)25/h1-12H,13H2,(H,22,23)(H,24,25). The minimum absolute atomic E-state index is 0.0912. The number of nitrogens with zero attached hydrogens (tertiary/aromatic N) is 1. The highest BCUT2D eigenvalue weighted by molar-refractivity contribution is 5.96. The number of hydrogen-bond acceptors (Lipinski definition) is 4. The number of rotatable bonds is 6. The van der Waals surface area contributed by atoms with Gasteiger partial charge in [0.2, 0.25) is 5.88 Å². The van der Waals surface area contributed by atoms with Gasteiger partial charge in [0.25, 0.3) is 5.91 Å². The van der Waals surface area contributed by atoms with Crippen LogP contribution in [0.15, 0.2) is 72.9 Å². The van der Waals surface area contributed by atoms with Crippen molar-refractivity contribution >= 4 is 11.9 Å². The van der Waals surface area contributed by atoms with Crippen LogP contribution in [0, 0.1) is 0 Å². The minimum Gasteiger partial charge on any atom is -0.478 e. The maximum atomic E-state index is 12.5. The molecule has 0 aliphatic rings. The van der Waals surface area contributed by atoms with E-state index in [0.717, 1.165) is 5.56 Å². The molecule has 6 nitrogen and oxygen atoms in total. The van der Waals surface area contributed by atoms with Crippen LogP contribution in [0.25, 0.3) is 0 Å². The lowest BCUT2D eigenvalue weighted by atomic mass is 10.2. The zero-order chi connectivity index (χ0) is 18.4. The Balaban J connectivity index is 1.76. The van der Waals surface area contributed by atoms with E-state index in [1.165, 1.54) is 18.3 Å². The molecule has 1 aromatic heterocycles. The third-order valence-corrected chi connectivity index (χ3v) is 3.61. The molecule has 0 aliphatic carbocycles. The van der Waals surface area contributed by atoms with Crippen LogP contribution in [-0.2, 0) is 6.54 Å². The SMILES string of the molecule is O=C(O)c1cccc(Oc2ncccc2C(=O)NCc2ccccc2)c1. The van der Waals surface area contributed by atoms with Crippen molar-refractivity contribution in [1.29, 1.82) is 0 Å². The van der Waals surface area contributed by atoms with Crippen LogP contribution in [0.2, 0.25) is 0 Å². The highest BCUT2D eigenvalue weighted by Gasteiger charge is 2.14. The fraction of sp³-hybridized carbons (Fsp3) is 0.0500. The summed E-state index contributed by atoms with van der Waals surface area (Å²) in [7, 11) is 0. The monoisotopic (exact) mass is 348 g/mol. The van der Waals surface area contributed by atoms with Crippen LogP contribution in [0.4, 0.5) is 0 Å². The summed E-state index contributed by atoms with van der Waals surface area (Å²) in [6, 6.07) is 18.8. The van der Waals surface area contributed by atoms with Gasteiger partial charge in [-0.3, -0.25) is 4.79 Å². The molecule has 0 radical (unpaired) electrons. The number of aromatic carboxylic acids is 1. The minimum atomic E-state index is -1.06. The number of carbonyl (C=O) groups excluding carboxylic acids is 1. The Kier molecular flexibility index (Phi) is 5.24. The molecule has 2 N–H and O–H groups in total. The molecule has 130 valence electrons. The Hall–Kier alpha value is -3.67. The average molecular weight is 348 g/mol. The van der Waals surface area contributed by atoms with E-state index in [1.54, 1.807) is 24.3 Å². The first-order valence-electron chi connectivity index (χ1n) is 7.92. The second-order valence-electron chi connectivity index (χ2n) is 5.46. The first-order chi connectivity index (χ1) is 12.6. The number of carboxylic acids is 1. The number of carbonyl (C=O) groups is 2. The van der Waals surface area contributed by atoms with E-state index in [9.17, 15) is 9.59 Å². The van der Waals surface area contributed by atoms with Gasteiger partial charge in [-0.25, -0.2) is 9.78 Å². The van der Waals surface area contributed by atoms with Crippen molar-refractivity contribution < 1.29 is 19.4 Å². The number of carboxylic acid groups (broad SMARTS) is 1. The molecular formula is C20H16N2O4. The van der Waals surface area contributed by atoms with Crippen molar-refractivity contribution in [3.05, 3.63) is 89.6 Å². The summed E-state index contributed by atoms with van der Waals surface area (Å²) in [6.45, 7) is 0.377. The van der Waals surface area contributed by atoms with Gasteiger partial charge in [0, 0.05) is 12.7 Å². The summed E-state index contributed by atoms with van der Waals surface area (Å²) in [5.41, 5.74) is 1.33. The molecule has 6 heteroatoms. The summed E-state index contributed by atoms with van der Waals surface area (Å²) in [5, 5.41) is 11.9. The van der Waals surface area contributed by atoms with Crippen LogP contribution in [0.3, 0.4) is 0 Å². The van der Waals surface area contributed by atoms with Crippen LogP contribution in [0.1, 0.15) is 26.3 Å². The molecule has 0 saturated heterocycles. The van der Waals surface area contributed by atoms with Gasteiger partial charge in [0.1, 0.15) is 11.3 Å². The highest BCUT2D eigenvalue weighted by atomic mass is 16.5. The first-order valence-corrected chi connectivity index (χ1v) is 7.92. The maximum Gasteiger partial charge on any atom is 0.335 e. The van der Waals surface area contributed by atoms with E-state index in [4.69, 9.17) is 9.84 Å². The summed E-state index contributed by atoms with van der Waals surface area (Å²) < 4.78 is 5.64. The van der Waals surface area contributed by atoms with Gasteiger partial charge in [0.15, 0.2) is 0 Å². The first kappa shape index (κ1) is 17.2. The van der Waals surface area contributed by atoms with E-state index < -0.39 is 5.97 Å². The molecule has 2 aromatic carbocycles. The van der Waals surface area contributed by atoms with Crippen molar-refractivity contribution in [2.24, 2.45) is 0 Å². The Morgan fingerprint density at radius 2 is 1.81 bits per heavy atom. The Morgan fingerprint density at radius 3 is 2.58 bits per heavy atom. The van der Waals surface area contributed by atoms with Crippen LogP contribution < -0.4 is 10.1 Å². The average Bonchev–Trinajstić information content (AvgIpc) is 2.67. The Bertz CT molecular complexity index is 926. The van der Waals surface area contributed by atoms with Gasteiger partial charge in [-0.2, -0.15) is 0 Å². The third kappa shape index (κ3) is 4.24. The predicted molar refractivity (Wildman–Crippen MR) is 95.3 cm³/mol. The van der Waals surface area contributed by atoms with E-state index in [2.05, 4.69) is 10.3 Å². The van der Waals surface area contributed by atoms with Crippen LogP contribution >= 0.6 is 0 Å². The molecule has 0 unspecified atom stereocenters. The number of aromatic nitrogens is 1. The quantitative estimate of drug-likeness (QED) is 0.712. The van der Waals surface area contributed by atoms with Crippen molar-refractivity contribution in [2.45, 2.75) is 6.54 Å². The van der Waals surface area contributed by atoms with Crippen molar-refractivity contribution in [3.63, 3.8) is 0 Å². The fourth-order valence-corrected chi connectivity index (χ4v) is 2.32. The van der Waals surface area contributed by atoms with E-state index >= 15 is 0 Å². The normalized spacial score (nSPS) is 10.2. The summed E-state index contributed by atoms with van der Waals surface area (Å²) in [6.07, 6.45) is 1.50. The van der Waals surface area contributed by atoms with Crippen molar-refractivity contribution in [1.82, 2.24) is 10.3 Å². The maximum absolute atomic E-state index is 12.5. The molecular weight excluding hydrogens is 332 g/mol. The smallest absolute Gasteiger partial charge is 0.335 e. The zero-order valence-corrected chi connectivity index (χ0v) is 13.8. The zero-order valence-electron chi connectivity index (χ0n) is 13.8. The van der Waals surface area contributed by atoms with Gasteiger partial charge in [0.05, 0.1) is 5.56 Å². The number of pyridine rings is 1. The molecule has 26 heavy (non-hydrogen) atoms. The Morgan fingerprint density at radius 1 is 1.00 bits per heavy atom. The largest absolute Gasteiger partial charge is 0.478 e. The third-order valence-electron chi connectivity index (χ3n) is 3.61. The second kappa shape index (κ2) is 7.94. The topological polar surface area (TPSA) is 88.5 Å². The van der Waals surface area contributed by atoms with Gasteiger partial charge in [-0.1, -0.05) is 36.4 Å². The molecule has 1 heterocycles.